The standard InChI is InChI=1S/C10H9Br2NO/c1-7(14)13-9-4-2-3-8(5-9)10(12)6-11/h2-6H,1H3,(H,13,14)/b10-6+. The topological polar surface area (TPSA) is 29.1 Å². The fourth-order valence-electron chi connectivity index (χ4n) is 1.01. The van der Waals surface area contributed by atoms with Crippen LogP contribution in [0.4, 0.5) is 5.69 Å². The Labute approximate surface area is 99.6 Å². The SMILES string of the molecule is CC(=O)Nc1cccc(/C(Br)=C\Br)c1. The van der Waals surface area contributed by atoms with Crippen molar-refractivity contribution >= 4 is 47.9 Å². The van der Waals surface area contributed by atoms with Gasteiger partial charge in [-0.15, -0.1) is 0 Å². The Hall–Kier alpha value is -0.610. The molecule has 1 rings (SSSR count). The summed E-state index contributed by atoms with van der Waals surface area (Å²) in [5.74, 6) is -0.0684. The van der Waals surface area contributed by atoms with Crippen molar-refractivity contribution in [2.45, 2.75) is 6.92 Å². The number of carbonyl (C=O) groups is 1. The Morgan fingerprint density at radius 2 is 2.21 bits per heavy atom. The molecule has 1 N–H and O–H groups in total. The van der Waals surface area contributed by atoms with Gasteiger partial charge in [-0.25, -0.2) is 0 Å². The van der Waals surface area contributed by atoms with Gasteiger partial charge >= 0.3 is 0 Å². The average molecular weight is 319 g/mol. The van der Waals surface area contributed by atoms with Crippen molar-refractivity contribution in [1.29, 1.82) is 0 Å². The summed E-state index contributed by atoms with van der Waals surface area (Å²) in [4.78, 5) is 12.6. The van der Waals surface area contributed by atoms with E-state index < -0.39 is 0 Å². The number of nitrogens with one attached hydrogen (secondary N) is 1. The maximum atomic E-state index is 10.8. The van der Waals surface area contributed by atoms with E-state index in [9.17, 15) is 4.79 Å². The van der Waals surface area contributed by atoms with Crippen LogP contribution in [0.1, 0.15) is 12.5 Å². The third-order valence-electron chi connectivity index (χ3n) is 1.55. The molecular formula is C10H9Br2NO. The fraction of sp³-hybridized carbons (Fsp3) is 0.100. The molecule has 74 valence electrons. The van der Waals surface area contributed by atoms with Gasteiger partial charge < -0.3 is 5.32 Å². The van der Waals surface area contributed by atoms with Gasteiger partial charge in [0.25, 0.3) is 0 Å². The molecule has 2 nitrogen and oxygen atoms in total. The highest BCUT2D eigenvalue weighted by atomic mass is 79.9. The van der Waals surface area contributed by atoms with Crippen LogP contribution in [0, 0.1) is 0 Å². The predicted octanol–water partition coefficient (Wildman–Crippen LogP) is 3.73. The molecule has 0 saturated carbocycles. The summed E-state index contributed by atoms with van der Waals surface area (Å²) in [6, 6.07) is 7.58. The minimum absolute atomic E-state index is 0.0684. The van der Waals surface area contributed by atoms with Crippen LogP contribution in [0.3, 0.4) is 0 Å². The summed E-state index contributed by atoms with van der Waals surface area (Å²) in [7, 11) is 0. The first-order chi connectivity index (χ1) is 6.63. The Morgan fingerprint density at radius 1 is 1.50 bits per heavy atom. The lowest BCUT2D eigenvalue weighted by atomic mass is 10.2. The minimum Gasteiger partial charge on any atom is -0.326 e. The molecule has 0 fully saturated rings. The van der Waals surface area contributed by atoms with E-state index in [1.54, 1.807) is 4.99 Å². The highest BCUT2D eigenvalue weighted by Crippen LogP contribution is 2.24. The lowest BCUT2D eigenvalue weighted by Gasteiger charge is -2.04. The monoisotopic (exact) mass is 317 g/mol. The maximum absolute atomic E-state index is 10.8. The maximum Gasteiger partial charge on any atom is 0.221 e. The Morgan fingerprint density at radius 3 is 2.79 bits per heavy atom. The first-order valence-corrected chi connectivity index (χ1v) is 5.68. The minimum atomic E-state index is -0.0684. The van der Waals surface area contributed by atoms with E-state index in [-0.39, 0.29) is 5.91 Å². The molecule has 1 aromatic carbocycles. The highest BCUT2D eigenvalue weighted by Gasteiger charge is 1.99. The first-order valence-electron chi connectivity index (χ1n) is 3.97. The van der Waals surface area contributed by atoms with Crippen LogP contribution in [-0.4, -0.2) is 5.91 Å². The molecule has 0 aliphatic carbocycles. The number of rotatable bonds is 2. The van der Waals surface area contributed by atoms with Gasteiger partial charge in [0.1, 0.15) is 0 Å². The van der Waals surface area contributed by atoms with Crippen molar-refractivity contribution < 1.29 is 4.79 Å². The summed E-state index contributed by atoms with van der Waals surface area (Å²) in [6.45, 7) is 1.49. The third kappa shape index (κ3) is 3.27. The summed E-state index contributed by atoms with van der Waals surface area (Å²) >= 11 is 6.62. The lowest BCUT2D eigenvalue weighted by Crippen LogP contribution is -2.05. The van der Waals surface area contributed by atoms with Crippen LogP contribution >= 0.6 is 31.9 Å². The summed E-state index contributed by atoms with van der Waals surface area (Å²) < 4.78 is 0.935. The lowest BCUT2D eigenvalue weighted by molar-refractivity contribution is -0.114. The second-order valence-corrected chi connectivity index (χ2v) is 4.03. The summed E-state index contributed by atoms with van der Waals surface area (Å²) in [6.07, 6.45) is 0. The van der Waals surface area contributed by atoms with E-state index >= 15 is 0 Å². The van der Waals surface area contributed by atoms with Gasteiger partial charge in [0.2, 0.25) is 5.91 Å². The Bertz CT molecular complexity index is 374. The van der Waals surface area contributed by atoms with E-state index in [4.69, 9.17) is 0 Å². The molecule has 0 radical (unpaired) electrons. The van der Waals surface area contributed by atoms with E-state index in [1.807, 2.05) is 24.3 Å². The van der Waals surface area contributed by atoms with Crippen molar-refractivity contribution in [2.24, 2.45) is 0 Å². The summed E-state index contributed by atoms with van der Waals surface area (Å²) in [5.41, 5.74) is 1.80. The number of carbonyl (C=O) groups excluding carboxylic acids is 1. The smallest absolute Gasteiger partial charge is 0.221 e. The quantitative estimate of drug-likeness (QED) is 0.884. The van der Waals surface area contributed by atoms with E-state index in [0.717, 1.165) is 15.7 Å². The molecule has 14 heavy (non-hydrogen) atoms. The molecule has 0 aliphatic heterocycles. The molecular weight excluding hydrogens is 310 g/mol. The molecule has 0 aliphatic rings. The molecule has 0 bridgehead atoms. The number of anilines is 1. The Balaban J connectivity index is 2.95. The number of benzene rings is 1. The zero-order valence-corrected chi connectivity index (χ0v) is 10.7. The van der Waals surface area contributed by atoms with Crippen molar-refractivity contribution in [1.82, 2.24) is 0 Å². The Kier molecular flexibility index (Phi) is 4.35. The first kappa shape index (κ1) is 11.5. The summed E-state index contributed by atoms with van der Waals surface area (Å²) in [5, 5.41) is 2.72. The normalized spacial score (nSPS) is 11.2. The molecule has 0 aromatic heterocycles. The molecule has 0 heterocycles. The highest BCUT2D eigenvalue weighted by molar-refractivity contribution is 9.16. The second-order valence-electron chi connectivity index (χ2n) is 2.72. The number of halogens is 2. The van der Waals surface area contributed by atoms with Gasteiger partial charge in [-0.3, -0.25) is 4.79 Å². The van der Waals surface area contributed by atoms with Gasteiger partial charge in [-0.2, -0.15) is 0 Å². The van der Waals surface area contributed by atoms with Crippen LogP contribution in [0.25, 0.3) is 4.48 Å². The molecule has 0 saturated heterocycles. The van der Waals surface area contributed by atoms with Gasteiger partial charge in [-0.1, -0.05) is 28.1 Å². The fourth-order valence-corrected chi connectivity index (χ4v) is 1.52. The number of amides is 1. The molecule has 0 atom stereocenters. The largest absolute Gasteiger partial charge is 0.326 e. The molecule has 1 aromatic rings. The molecule has 1 amide bonds. The molecule has 0 unspecified atom stereocenters. The average Bonchev–Trinajstić information content (AvgIpc) is 2.16. The number of hydrogen-bond donors (Lipinski definition) is 1. The van der Waals surface area contributed by atoms with E-state index in [2.05, 4.69) is 37.2 Å². The molecule has 4 heteroatoms. The van der Waals surface area contributed by atoms with Crippen LogP contribution in [-0.2, 0) is 4.79 Å². The van der Waals surface area contributed by atoms with Crippen molar-refractivity contribution in [3.05, 3.63) is 34.8 Å². The zero-order valence-electron chi connectivity index (χ0n) is 7.55. The van der Waals surface area contributed by atoms with E-state index in [0.29, 0.717) is 0 Å². The predicted molar refractivity (Wildman–Crippen MR) is 66.6 cm³/mol. The van der Waals surface area contributed by atoms with Crippen molar-refractivity contribution in [3.8, 4) is 0 Å². The second kappa shape index (κ2) is 5.32. The van der Waals surface area contributed by atoms with Crippen LogP contribution in [0.2, 0.25) is 0 Å². The van der Waals surface area contributed by atoms with Gasteiger partial charge in [0.15, 0.2) is 0 Å². The van der Waals surface area contributed by atoms with Crippen LogP contribution < -0.4 is 5.32 Å². The molecule has 0 spiro atoms. The van der Waals surface area contributed by atoms with Crippen LogP contribution in [0.15, 0.2) is 29.3 Å². The van der Waals surface area contributed by atoms with Crippen molar-refractivity contribution in [2.75, 3.05) is 5.32 Å². The zero-order chi connectivity index (χ0) is 10.6. The van der Waals surface area contributed by atoms with Crippen LogP contribution in [0.5, 0.6) is 0 Å². The number of hydrogen-bond acceptors (Lipinski definition) is 1. The third-order valence-corrected chi connectivity index (χ3v) is 3.31. The van der Waals surface area contributed by atoms with Crippen molar-refractivity contribution in [3.63, 3.8) is 0 Å². The van der Waals surface area contributed by atoms with E-state index in [1.165, 1.54) is 6.92 Å². The van der Waals surface area contributed by atoms with Gasteiger partial charge in [-0.05, 0) is 38.6 Å². The van der Waals surface area contributed by atoms with Gasteiger partial charge in [0, 0.05) is 17.1 Å². The van der Waals surface area contributed by atoms with Gasteiger partial charge in [0.05, 0.1) is 0 Å².